The number of phosphoric acid groups is 1. The zero-order valence-electron chi connectivity index (χ0n) is 60.8. The molecule has 18 atom stereocenters. The number of carbonyl (C=O) groups is 3. The SMILES string of the molecule is CCCCCCCC/C=C\CCCCCC(=O)OC(COC(=O)CCCCCCCCCCCCCCCCC)COP(=O)(O)OC1C(OC2OC(CO)C(O)C(O)C2O)C(O)C(O)C(O)C1OC1OC(COC(=O)CCCCCCCCCCCCCCCCCC)C(O)C(O)C1O. The van der Waals surface area contributed by atoms with Crippen molar-refractivity contribution in [3.05, 3.63) is 12.2 Å². The molecule has 2 aliphatic heterocycles. The first kappa shape index (κ1) is 90.9. The van der Waals surface area contributed by atoms with Crippen LogP contribution in [0.1, 0.15) is 310 Å². The molecule has 24 nitrogen and oxygen atoms in total. The van der Waals surface area contributed by atoms with E-state index in [1.807, 2.05) is 0 Å². The van der Waals surface area contributed by atoms with Crippen LogP contribution in [-0.4, -0.2) is 204 Å². The van der Waals surface area contributed by atoms with Gasteiger partial charge in [-0.25, -0.2) is 4.57 Å². The summed E-state index contributed by atoms with van der Waals surface area (Å²) >= 11 is 0. The molecule has 0 bridgehead atoms. The molecular weight excluding hydrogens is 1300 g/mol. The van der Waals surface area contributed by atoms with Gasteiger partial charge in [-0.1, -0.05) is 258 Å². The summed E-state index contributed by atoms with van der Waals surface area (Å²) in [6, 6.07) is 0. The van der Waals surface area contributed by atoms with Gasteiger partial charge in [0.15, 0.2) is 18.7 Å². The van der Waals surface area contributed by atoms with E-state index in [0.29, 0.717) is 25.7 Å². The summed E-state index contributed by atoms with van der Waals surface area (Å²) in [6.45, 7) is 3.45. The molecule has 0 aromatic rings. The number of rotatable bonds is 61. The predicted molar refractivity (Wildman–Crippen MR) is 375 cm³/mol. The van der Waals surface area contributed by atoms with Crippen LogP contribution >= 0.6 is 7.82 Å². The van der Waals surface area contributed by atoms with Crippen molar-refractivity contribution < 1.29 is 117 Å². The Kier molecular flexibility index (Phi) is 51.5. The molecule has 3 fully saturated rings. The lowest BCUT2D eigenvalue weighted by atomic mass is 9.84. The molecule has 3 rings (SSSR count). The summed E-state index contributed by atoms with van der Waals surface area (Å²) in [5, 5.41) is 110. The van der Waals surface area contributed by atoms with Crippen LogP contribution < -0.4 is 0 Å². The van der Waals surface area contributed by atoms with E-state index in [1.165, 1.54) is 161 Å². The van der Waals surface area contributed by atoms with E-state index < -0.39 is 156 Å². The molecule has 0 aromatic heterocycles. The molecular formula is C74H137O24P. The van der Waals surface area contributed by atoms with E-state index in [2.05, 4.69) is 32.9 Å². The third-order valence-corrected chi connectivity index (χ3v) is 20.3. The number of carbonyl (C=O) groups excluding carboxylic acids is 3. The molecule has 25 heteroatoms. The maximum atomic E-state index is 14.3. The van der Waals surface area contributed by atoms with Crippen LogP contribution in [0.3, 0.4) is 0 Å². The number of aliphatic hydroxyl groups is 10. The molecule has 11 N–H and O–H groups in total. The zero-order chi connectivity index (χ0) is 72.5. The van der Waals surface area contributed by atoms with Gasteiger partial charge in [-0.05, 0) is 44.9 Å². The molecule has 1 aliphatic carbocycles. The summed E-state index contributed by atoms with van der Waals surface area (Å²) in [4.78, 5) is 51.0. The Balaban J connectivity index is 1.71. The van der Waals surface area contributed by atoms with Crippen molar-refractivity contribution >= 4 is 25.7 Å². The van der Waals surface area contributed by atoms with Crippen molar-refractivity contribution in [1.29, 1.82) is 0 Å². The molecule has 2 saturated heterocycles. The fraction of sp³-hybridized carbons (Fsp3) is 0.932. The first-order chi connectivity index (χ1) is 47.8. The monoisotopic (exact) mass is 1440 g/mol. The van der Waals surface area contributed by atoms with Crippen molar-refractivity contribution in [2.24, 2.45) is 0 Å². The average Bonchev–Trinajstić information content (AvgIpc) is 0.763. The summed E-state index contributed by atoms with van der Waals surface area (Å²) < 4.78 is 65.1. The minimum Gasteiger partial charge on any atom is -0.463 e. The first-order valence-electron chi connectivity index (χ1n) is 39.0. The third-order valence-electron chi connectivity index (χ3n) is 19.3. The maximum Gasteiger partial charge on any atom is 0.472 e. The quantitative estimate of drug-likeness (QED) is 0.00886. The fourth-order valence-corrected chi connectivity index (χ4v) is 13.9. The molecule has 0 spiro atoms. The summed E-state index contributed by atoms with van der Waals surface area (Å²) in [5.41, 5.74) is 0. The van der Waals surface area contributed by atoms with Gasteiger partial charge in [0.25, 0.3) is 0 Å². The van der Waals surface area contributed by atoms with Gasteiger partial charge < -0.3 is 89.1 Å². The second-order valence-corrected chi connectivity index (χ2v) is 29.5. The smallest absolute Gasteiger partial charge is 0.463 e. The van der Waals surface area contributed by atoms with Crippen LogP contribution in [0.5, 0.6) is 0 Å². The van der Waals surface area contributed by atoms with Gasteiger partial charge in [0, 0.05) is 19.3 Å². The molecule has 0 radical (unpaired) electrons. The molecule has 582 valence electrons. The Morgan fingerprint density at radius 3 is 1.10 bits per heavy atom. The van der Waals surface area contributed by atoms with Gasteiger partial charge in [0.05, 0.1) is 13.2 Å². The van der Waals surface area contributed by atoms with E-state index in [0.717, 1.165) is 83.5 Å². The number of aliphatic hydroxyl groups excluding tert-OH is 10. The van der Waals surface area contributed by atoms with Gasteiger partial charge in [0.1, 0.15) is 98.7 Å². The summed E-state index contributed by atoms with van der Waals surface area (Å²) in [6.07, 6.45) is 15.5. The number of unbranched alkanes of at least 4 members (excludes halogenated alkanes) is 38. The Hall–Kier alpha value is -2.30. The lowest BCUT2D eigenvalue weighted by Gasteiger charge is -2.49. The predicted octanol–water partition coefficient (Wildman–Crippen LogP) is 11.1. The highest BCUT2D eigenvalue weighted by Crippen LogP contribution is 2.49. The molecule has 0 aromatic carbocycles. The van der Waals surface area contributed by atoms with Crippen LogP contribution in [0.2, 0.25) is 0 Å². The Bertz CT molecular complexity index is 2090. The second-order valence-electron chi connectivity index (χ2n) is 28.1. The normalized spacial score (nSPS) is 27.5. The van der Waals surface area contributed by atoms with E-state index >= 15 is 0 Å². The molecule has 0 amide bonds. The van der Waals surface area contributed by atoms with Crippen LogP contribution in [-0.2, 0) is 61.2 Å². The Morgan fingerprint density at radius 2 is 0.707 bits per heavy atom. The van der Waals surface area contributed by atoms with Crippen molar-refractivity contribution in [3.8, 4) is 0 Å². The fourth-order valence-electron chi connectivity index (χ4n) is 12.9. The van der Waals surface area contributed by atoms with Gasteiger partial charge in [-0.2, -0.15) is 0 Å². The topological polar surface area (TPSA) is 374 Å². The molecule has 3 aliphatic rings. The van der Waals surface area contributed by atoms with Crippen molar-refractivity contribution in [1.82, 2.24) is 0 Å². The maximum absolute atomic E-state index is 14.3. The standard InChI is InChI=1S/C74H137O24P/c1-4-7-10-13-16-19-22-25-27-29-32-34-37-40-43-46-49-59(77)91-54-57-62(80)64(82)69(87)74(95-57)97-71-67(85)65(83)66(84)70(96-73-68(86)63(81)61(79)56(51-75)94-73)72(71)98-99(88,89)92-53-55(93-60(78)50-47-44-41-38-35-30-24-21-18-15-12-9-6-3)52-90-58(76)48-45-42-39-36-33-31-28-26-23-20-17-14-11-8-5-2/h30,35,55-57,61-75,79-87H,4-29,31-34,36-54H2,1-3H3,(H,88,89)/b35-30-. The lowest BCUT2D eigenvalue weighted by molar-refractivity contribution is -0.360. The van der Waals surface area contributed by atoms with Crippen LogP contribution in [0, 0.1) is 0 Å². The van der Waals surface area contributed by atoms with Gasteiger partial charge in [0.2, 0.25) is 0 Å². The summed E-state index contributed by atoms with van der Waals surface area (Å²) in [5.74, 6) is -2.00. The number of esters is 3. The zero-order valence-corrected chi connectivity index (χ0v) is 61.7. The second kappa shape index (κ2) is 56.1. The van der Waals surface area contributed by atoms with Crippen molar-refractivity contribution in [2.45, 2.75) is 414 Å². The highest BCUT2D eigenvalue weighted by atomic mass is 31.2. The van der Waals surface area contributed by atoms with Crippen molar-refractivity contribution in [3.63, 3.8) is 0 Å². The Labute approximate surface area is 592 Å². The van der Waals surface area contributed by atoms with Gasteiger partial charge in [-0.3, -0.25) is 23.4 Å². The average molecular weight is 1440 g/mol. The number of phosphoric ester groups is 1. The van der Waals surface area contributed by atoms with E-state index in [-0.39, 0.29) is 19.3 Å². The minimum absolute atomic E-state index is 0.0323. The molecule has 99 heavy (non-hydrogen) atoms. The Morgan fingerprint density at radius 1 is 0.384 bits per heavy atom. The molecule has 18 unspecified atom stereocenters. The van der Waals surface area contributed by atoms with E-state index in [1.54, 1.807) is 0 Å². The lowest BCUT2D eigenvalue weighted by Crippen LogP contribution is -2.69. The first-order valence-corrected chi connectivity index (χ1v) is 40.5. The highest BCUT2D eigenvalue weighted by Gasteiger charge is 2.58. The molecule has 2 heterocycles. The van der Waals surface area contributed by atoms with Gasteiger partial charge >= 0.3 is 25.7 Å². The van der Waals surface area contributed by atoms with Crippen LogP contribution in [0.25, 0.3) is 0 Å². The molecule has 1 saturated carbocycles. The number of ether oxygens (including phenoxy) is 7. The van der Waals surface area contributed by atoms with E-state index in [4.69, 9.17) is 42.2 Å². The third kappa shape index (κ3) is 39.0. The van der Waals surface area contributed by atoms with Crippen molar-refractivity contribution in [2.75, 3.05) is 26.4 Å². The summed E-state index contributed by atoms with van der Waals surface area (Å²) in [7, 11) is -5.70. The van der Waals surface area contributed by atoms with E-state index in [9.17, 15) is 74.9 Å². The number of allylic oxidation sites excluding steroid dienone is 2. The number of hydrogen-bond donors (Lipinski definition) is 11. The highest BCUT2D eigenvalue weighted by molar-refractivity contribution is 7.47. The minimum atomic E-state index is -5.70. The van der Waals surface area contributed by atoms with Crippen LogP contribution in [0.4, 0.5) is 0 Å². The largest absolute Gasteiger partial charge is 0.472 e. The number of hydrogen-bond acceptors (Lipinski definition) is 23. The van der Waals surface area contributed by atoms with Crippen LogP contribution in [0.15, 0.2) is 12.2 Å². The van der Waals surface area contributed by atoms with Gasteiger partial charge in [-0.15, -0.1) is 0 Å².